The number of benzene rings is 2. The molecule has 1 N–H and O–H groups in total. The Morgan fingerprint density at radius 2 is 1.71 bits per heavy atom. The summed E-state index contributed by atoms with van der Waals surface area (Å²) in [5.74, 6) is -0.655. The summed E-state index contributed by atoms with van der Waals surface area (Å²) in [7, 11) is 0. The first-order valence-electron chi connectivity index (χ1n) is 9.23. The Labute approximate surface area is 168 Å². The number of carbonyl (C=O) groups excluding carboxylic acids is 3. The molecule has 0 radical (unpaired) electrons. The largest absolute Gasteiger partial charge is 0.354 e. The van der Waals surface area contributed by atoms with E-state index in [0.29, 0.717) is 11.3 Å². The quantitative estimate of drug-likeness (QED) is 0.720. The second-order valence-electron chi connectivity index (χ2n) is 6.41. The summed E-state index contributed by atoms with van der Waals surface area (Å²) in [4.78, 5) is 38.8. The third-order valence-electron chi connectivity index (χ3n) is 4.53. The number of hydrogen-bond donors (Lipinski definition) is 1. The van der Waals surface area contributed by atoms with Crippen LogP contribution in [-0.2, 0) is 9.59 Å². The molecule has 2 aromatic rings. The zero-order valence-corrected chi connectivity index (χ0v) is 16.4. The van der Waals surface area contributed by atoms with Crippen LogP contribution in [0.4, 0.5) is 4.79 Å². The molecule has 0 aliphatic carbocycles. The van der Waals surface area contributed by atoms with Crippen LogP contribution in [0.5, 0.6) is 0 Å². The van der Waals surface area contributed by atoms with Gasteiger partial charge in [-0.1, -0.05) is 67.6 Å². The van der Waals surface area contributed by atoms with Gasteiger partial charge in [-0.2, -0.15) is 0 Å². The van der Waals surface area contributed by atoms with Crippen molar-refractivity contribution in [2.45, 2.75) is 19.3 Å². The summed E-state index contributed by atoms with van der Waals surface area (Å²) >= 11 is 0.929. The third kappa shape index (κ3) is 4.70. The Balaban J connectivity index is 1.57. The average molecular weight is 394 g/mol. The number of thioether (sulfide) groups is 1. The Kier molecular flexibility index (Phi) is 6.66. The van der Waals surface area contributed by atoms with Gasteiger partial charge in [0.1, 0.15) is 0 Å². The van der Waals surface area contributed by atoms with Crippen LogP contribution in [0, 0.1) is 0 Å². The first-order chi connectivity index (χ1) is 13.6. The Hall–Kier alpha value is -2.86. The first-order valence-corrected chi connectivity index (χ1v) is 10.0. The van der Waals surface area contributed by atoms with Gasteiger partial charge in [0, 0.05) is 13.1 Å². The summed E-state index contributed by atoms with van der Waals surface area (Å²) in [6.07, 6.45) is 2.39. The molecule has 1 saturated heterocycles. The van der Waals surface area contributed by atoms with Crippen LogP contribution in [0.15, 0.2) is 65.6 Å². The highest BCUT2D eigenvalue weighted by Gasteiger charge is 2.34. The maximum atomic E-state index is 12.5. The molecule has 3 amide bonds. The lowest BCUT2D eigenvalue weighted by atomic mass is 9.96. The van der Waals surface area contributed by atoms with Crippen LogP contribution in [-0.4, -0.2) is 35.0 Å². The Morgan fingerprint density at radius 1 is 1.07 bits per heavy atom. The van der Waals surface area contributed by atoms with Crippen LogP contribution >= 0.6 is 11.8 Å². The Bertz CT molecular complexity index is 881. The molecule has 3 rings (SSSR count). The van der Waals surface area contributed by atoms with Crippen LogP contribution in [0.2, 0.25) is 0 Å². The minimum atomic E-state index is -0.316. The number of imide groups is 1. The van der Waals surface area contributed by atoms with E-state index in [1.54, 1.807) is 6.08 Å². The second-order valence-corrected chi connectivity index (χ2v) is 7.40. The normalized spacial score (nSPS) is 16.5. The van der Waals surface area contributed by atoms with E-state index in [2.05, 4.69) is 5.32 Å². The van der Waals surface area contributed by atoms with Gasteiger partial charge >= 0.3 is 0 Å². The van der Waals surface area contributed by atoms with Gasteiger partial charge in [-0.25, -0.2) is 0 Å². The van der Waals surface area contributed by atoms with Crippen molar-refractivity contribution in [3.63, 3.8) is 0 Å². The summed E-state index contributed by atoms with van der Waals surface area (Å²) < 4.78 is 0. The molecule has 0 saturated carbocycles. The SMILES string of the molecule is CCC(C(=O)NCCN1C(=O)S/C(=C/c2ccccc2)C1=O)c1ccccc1. The molecule has 2 aromatic carbocycles. The van der Waals surface area contributed by atoms with E-state index < -0.39 is 0 Å². The van der Waals surface area contributed by atoms with Crippen LogP contribution < -0.4 is 5.32 Å². The summed E-state index contributed by atoms with van der Waals surface area (Å²) in [6.45, 7) is 2.36. The predicted molar refractivity (Wildman–Crippen MR) is 112 cm³/mol. The zero-order chi connectivity index (χ0) is 19.9. The number of carbonyl (C=O) groups is 3. The van der Waals surface area contributed by atoms with Crippen LogP contribution in [0.25, 0.3) is 6.08 Å². The Morgan fingerprint density at radius 3 is 2.36 bits per heavy atom. The van der Waals surface area contributed by atoms with Crippen molar-refractivity contribution in [2.24, 2.45) is 0 Å². The predicted octanol–water partition coefficient (Wildman–Crippen LogP) is 4.03. The molecule has 1 unspecified atom stereocenters. The highest BCUT2D eigenvalue weighted by Crippen LogP contribution is 2.31. The third-order valence-corrected chi connectivity index (χ3v) is 5.44. The standard InChI is InChI=1S/C22H22N2O3S/c1-2-18(17-11-7-4-8-12-17)20(25)23-13-14-24-21(26)19(28-22(24)27)15-16-9-5-3-6-10-16/h3-12,15,18H,2,13-14H2,1H3,(H,23,25)/b19-15+. The van der Waals surface area contributed by atoms with Gasteiger partial charge in [-0.05, 0) is 35.4 Å². The smallest absolute Gasteiger partial charge is 0.293 e. The number of amides is 3. The molecule has 6 heteroatoms. The summed E-state index contributed by atoms with van der Waals surface area (Å²) in [5.41, 5.74) is 1.83. The molecule has 1 heterocycles. The highest BCUT2D eigenvalue weighted by molar-refractivity contribution is 8.18. The average Bonchev–Trinajstić information content (AvgIpc) is 2.97. The van der Waals surface area contributed by atoms with Crippen molar-refractivity contribution in [2.75, 3.05) is 13.1 Å². The molecule has 28 heavy (non-hydrogen) atoms. The molecule has 1 fully saturated rings. The van der Waals surface area contributed by atoms with E-state index in [9.17, 15) is 14.4 Å². The number of hydrogen-bond acceptors (Lipinski definition) is 4. The maximum Gasteiger partial charge on any atom is 0.293 e. The molecule has 1 atom stereocenters. The molecule has 0 spiro atoms. The first kappa shape index (κ1) is 19.9. The number of nitrogens with zero attached hydrogens (tertiary/aromatic N) is 1. The lowest BCUT2D eigenvalue weighted by molar-refractivity contribution is -0.125. The fourth-order valence-electron chi connectivity index (χ4n) is 3.07. The lowest BCUT2D eigenvalue weighted by Crippen LogP contribution is -2.38. The molecule has 1 aliphatic heterocycles. The van der Waals surface area contributed by atoms with Crippen molar-refractivity contribution in [3.8, 4) is 0 Å². The zero-order valence-electron chi connectivity index (χ0n) is 15.6. The van der Waals surface area contributed by atoms with Crippen LogP contribution in [0.3, 0.4) is 0 Å². The van der Waals surface area contributed by atoms with Crippen molar-refractivity contribution in [3.05, 3.63) is 76.7 Å². The number of rotatable bonds is 7. The van der Waals surface area contributed by atoms with Gasteiger partial charge in [-0.15, -0.1) is 0 Å². The molecule has 5 nitrogen and oxygen atoms in total. The van der Waals surface area contributed by atoms with E-state index in [4.69, 9.17) is 0 Å². The van der Waals surface area contributed by atoms with E-state index >= 15 is 0 Å². The summed E-state index contributed by atoms with van der Waals surface area (Å²) in [5, 5.41) is 2.54. The van der Waals surface area contributed by atoms with Crippen molar-refractivity contribution < 1.29 is 14.4 Å². The van der Waals surface area contributed by atoms with Crippen molar-refractivity contribution in [1.29, 1.82) is 0 Å². The van der Waals surface area contributed by atoms with Gasteiger partial charge in [0.05, 0.1) is 10.8 Å². The highest BCUT2D eigenvalue weighted by atomic mass is 32.2. The minimum Gasteiger partial charge on any atom is -0.354 e. The van der Waals surface area contributed by atoms with Gasteiger partial charge in [0.2, 0.25) is 5.91 Å². The second kappa shape index (κ2) is 9.37. The fraction of sp³-hybridized carbons (Fsp3) is 0.227. The fourth-order valence-corrected chi connectivity index (χ4v) is 3.93. The van der Waals surface area contributed by atoms with Gasteiger partial charge in [0.25, 0.3) is 11.1 Å². The van der Waals surface area contributed by atoms with E-state index in [-0.39, 0.29) is 36.1 Å². The van der Waals surface area contributed by atoms with E-state index in [1.807, 2.05) is 67.6 Å². The monoisotopic (exact) mass is 394 g/mol. The van der Waals surface area contributed by atoms with E-state index in [1.165, 1.54) is 4.90 Å². The molecular formula is C22H22N2O3S. The molecule has 0 aromatic heterocycles. The summed E-state index contributed by atoms with van der Waals surface area (Å²) in [6, 6.07) is 19.0. The van der Waals surface area contributed by atoms with E-state index in [0.717, 1.165) is 22.9 Å². The lowest BCUT2D eigenvalue weighted by Gasteiger charge is -2.17. The van der Waals surface area contributed by atoms with Gasteiger partial charge in [-0.3, -0.25) is 19.3 Å². The van der Waals surface area contributed by atoms with Crippen molar-refractivity contribution in [1.82, 2.24) is 10.2 Å². The maximum absolute atomic E-state index is 12.5. The van der Waals surface area contributed by atoms with Gasteiger partial charge in [0.15, 0.2) is 0 Å². The molecular weight excluding hydrogens is 372 g/mol. The minimum absolute atomic E-state index is 0.0968. The number of nitrogens with one attached hydrogen (secondary N) is 1. The molecule has 0 bridgehead atoms. The topological polar surface area (TPSA) is 66.5 Å². The van der Waals surface area contributed by atoms with Crippen molar-refractivity contribution >= 4 is 34.9 Å². The van der Waals surface area contributed by atoms with Crippen LogP contribution in [0.1, 0.15) is 30.4 Å². The molecule has 144 valence electrons. The molecule has 1 aliphatic rings. The van der Waals surface area contributed by atoms with Gasteiger partial charge < -0.3 is 5.32 Å².